The Kier molecular flexibility index (Phi) is 6.82. The van der Waals surface area contributed by atoms with Crippen molar-refractivity contribution in [1.29, 1.82) is 0 Å². The lowest BCUT2D eigenvalue weighted by Gasteiger charge is -2.27. The summed E-state index contributed by atoms with van der Waals surface area (Å²) in [4.78, 5) is 9.99. The molecule has 0 spiro atoms. The number of nitrogens with one attached hydrogen (secondary N) is 1. The molecular formula is C10H21NO. The van der Waals surface area contributed by atoms with E-state index in [0.717, 1.165) is 12.3 Å². The maximum atomic E-state index is 9.99. The average molecular weight is 171 g/mol. The second-order valence-corrected chi connectivity index (χ2v) is 3.22. The number of rotatable bonds is 4. The third-order valence-corrected chi connectivity index (χ3v) is 2.26. The second kappa shape index (κ2) is 7.14. The van der Waals surface area contributed by atoms with Crippen molar-refractivity contribution in [3.8, 4) is 0 Å². The zero-order chi connectivity index (χ0) is 9.40. The molecule has 1 rings (SSSR count). The average Bonchev–Trinajstić information content (AvgIpc) is 2.02. The van der Waals surface area contributed by atoms with Gasteiger partial charge in [-0.05, 0) is 19.3 Å². The van der Waals surface area contributed by atoms with Crippen LogP contribution in [0, 0.1) is 5.92 Å². The van der Waals surface area contributed by atoms with E-state index in [0.29, 0.717) is 6.04 Å². The van der Waals surface area contributed by atoms with E-state index in [4.69, 9.17) is 0 Å². The highest BCUT2D eigenvalue weighted by atomic mass is 16.1. The molecule has 0 bridgehead atoms. The van der Waals surface area contributed by atoms with Crippen molar-refractivity contribution in [2.45, 2.75) is 52.5 Å². The van der Waals surface area contributed by atoms with E-state index in [1.54, 1.807) is 0 Å². The maximum absolute atomic E-state index is 9.99. The predicted molar refractivity (Wildman–Crippen MR) is 52.0 cm³/mol. The number of hydrogen-bond acceptors (Lipinski definition) is 1. The molecule has 0 saturated heterocycles. The van der Waals surface area contributed by atoms with Crippen LogP contribution in [0.15, 0.2) is 0 Å². The van der Waals surface area contributed by atoms with E-state index in [2.05, 4.69) is 12.2 Å². The van der Waals surface area contributed by atoms with Gasteiger partial charge in [-0.2, -0.15) is 0 Å². The highest BCUT2D eigenvalue weighted by molar-refractivity contribution is 5.46. The van der Waals surface area contributed by atoms with Crippen molar-refractivity contribution in [3.63, 3.8) is 0 Å². The van der Waals surface area contributed by atoms with Crippen LogP contribution in [0.4, 0.5) is 0 Å². The molecule has 0 aromatic rings. The third kappa shape index (κ3) is 4.37. The van der Waals surface area contributed by atoms with Gasteiger partial charge in [0.15, 0.2) is 0 Å². The Labute approximate surface area is 75.7 Å². The van der Waals surface area contributed by atoms with Gasteiger partial charge >= 0.3 is 0 Å². The highest BCUT2D eigenvalue weighted by Gasteiger charge is 2.19. The Morgan fingerprint density at radius 2 is 2.08 bits per heavy atom. The molecule has 0 heterocycles. The Balaban J connectivity index is 0.000000561. The molecular weight excluding hydrogens is 150 g/mol. The normalized spacial score (nSPS) is 18.2. The Morgan fingerprint density at radius 3 is 2.42 bits per heavy atom. The van der Waals surface area contributed by atoms with Crippen LogP contribution < -0.4 is 5.32 Å². The van der Waals surface area contributed by atoms with Gasteiger partial charge in [0, 0.05) is 6.04 Å². The fraction of sp³-hybridized carbons (Fsp3) is 0.900. The smallest absolute Gasteiger partial charge is 0.207 e. The Bertz CT molecular complexity index is 110. The van der Waals surface area contributed by atoms with Gasteiger partial charge in [0.1, 0.15) is 0 Å². The molecule has 0 aromatic heterocycles. The standard InChI is InChI=1S/C8H15NO.C2H6/c1-7(9-6-10)5-8-3-2-4-8;1-2/h6-8H,2-5H2,1H3,(H,9,10);1-2H3. The Morgan fingerprint density at radius 1 is 1.50 bits per heavy atom. The molecule has 0 aromatic carbocycles. The molecule has 0 aliphatic heterocycles. The molecule has 0 radical (unpaired) electrons. The summed E-state index contributed by atoms with van der Waals surface area (Å²) in [5.41, 5.74) is 0. The molecule has 1 aliphatic rings. The zero-order valence-corrected chi connectivity index (χ0v) is 8.47. The predicted octanol–water partition coefficient (Wildman–Crippen LogP) is 2.34. The molecule has 2 nitrogen and oxygen atoms in total. The molecule has 1 fully saturated rings. The minimum absolute atomic E-state index is 0.378. The molecule has 12 heavy (non-hydrogen) atoms. The molecule has 72 valence electrons. The second-order valence-electron chi connectivity index (χ2n) is 3.22. The minimum Gasteiger partial charge on any atom is -0.356 e. The van der Waals surface area contributed by atoms with Crippen molar-refractivity contribution in [1.82, 2.24) is 5.32 Å². The molecule has 2 heteroatoms. The van der Waals surface area contributed by atoms with E-state index in [1.807, 2.05) is 13.8 Å². The van der Waals surface area contributed by atoms with Crippen LogP contribution in [0.1, 0.15) is 46.5 Å². The molecule has 1 amide bonds. The fourth-order valence-corrected chi connectivity index (χ4v) is 1.41. The van der Waals surface area contributed by atoms with Gasteiger partial charge in [0.05, 0.1) is 0 Å². The van der Waals surface area contributed by atoms with Gasteiger partial charge in [0.25, 0.3) is 0 Å². The topological polar surface area (TPSA) is 29.1 Å². The van der Waals surface area contributed by atoms with Gasteiger partial charge < -0.3 is 5.32 Å². The molecule has 1 unspecified atom stereocenters. The lowest BCUT2D eigenvalue weighted by Crippen LogP contribution is -2.28. The van der Waals surface area contributed by atoms with Crippen LogP contribution in [0.25, 0.3) is 0 Å². The summed E-state index contributed by atoms with van der Waals surface area (Å²) < 4.78 is 0. The van der Waals surface area contributed by atoms with Crippen molar-refractivity contribution in [2.24, 2.45) is 5.92 Å². The lowest BCUT2D eigenvalue weighted by molar-refractivity contribution is -0.110. The van der Waals surface area contributed by atoms with Crippen LogP contribution >= 0.6 is 0 Å². The monoisotopic (exact) mass is 171 g/mol. The Hall–Kier alpha value is -0.530. The van der Waals surface area contributed by atoms with Gasteiger partial charge in [-0.3, -0.25) is 4.79 Å². The summed E-state index contributed by atoms with van der Waals surface area (Å²) in [6.07, 6.45) is 6.08. The summed E-state index contributed by atoms with van der Waals surface area (Å²) in [5.74, 6) is 0.891. The first kappa shape index (κ1) is 11.5. The minimum atomic E-state index is 0.378. The molecule has 1 saturated carbocycles. The first-order valence-corrected chi connectivity index (χ1v) is 5.02. The largest absolute Gasteiger partial charge is 0.356 e. The van der Waals surface area contributed by atoms with E-state index in [-0.39, 0.29) is 0 Å². The van der Waals surface area contributed by atoms with E-state index >= 15 is 0 Å². The van der Waals surface area contributed by atoms with Crippen molar-refractivity contribution in [2.75, 3.05) is 0 Å². The summed E-state index contributed by atoms with van der Waals surface area (Å²) in [7, 11) is 0. The summed E-state index contributed by atoms with van der Waals surface area (Å²) in [6.45, 7) is 6.06. The molecule has 1 N–H and O–H groups in total. The van der Waals surface area contributed by atoms with Gasteiger partial charge in [-0.25, -0.2) is 0 Å². The number of hydrogen-bond donors (Lipinski definition) is 1. The summed E-state index contributed by atoms with van der Waals surface area (Å²) >= 11 is 0. The number of carbonyl (C=O) groups excluding carboxylic acids is 1. The van der Waals surface area contributed by atoms with Crippen LogP contribution in [0.5, 0.6) is 0 Å². The van der Waals surface area contributed by atoms with Crippen molar-refractivity contribution in [3.05, 3.63) is 0 Å². The summed E-state index contributed by atoms with van der Waals surface area (Å²) in [5, 5.41) is 2.76. The van der Waals surface area contributed by atoms with Gasteiger partial charge in [-0.1, -0.05) is 33.1 Å². The van der Waals surface area contributed by atoms with Crippen molar-refractivity contribution < 1.29 is 4.79 Å². The van der Waals surface area contributed by atoms with Crippen LogP contribution in [0.2, 0.25) is 0 Å². The van der Waals surface area contributed by atoms with Crippen molar-refractivity contribution >= 4 is 6.41 Å². The maximum Gasteiger partial charge on any atom is 0.207 e. The van der Waals surface area contributed by atoms with E-state index < -0.39 is 0 Å². The first-order valence-electron chi connectivity index (χ1n) is 5.02. The molecule has 1 aliphatic carbocycles. The van der Waals surface area contributed by atoms with Gasteiger partial charge in [0.2, 0.25) is 6.41 Å². The fourth-order valence-electron chi connectivity index (χ4n) is 1.41. The lowest BCUT2D eigenvalue weighted by atomic mass is 9.81. The van der Waals surface area contributed by atoms with Crippen LogP contribution in [-0.4, -0.2) is 12.5 Å². The van der Waals surface area contributed by atoms with E-state index in [9.17, 15) is 4.79 Å². The number of amides is 1. The van der Waals surface area contributed by atoms with E-state index in [1.165, 1.54) is 25.7 Å². The quantitative estimate of drug-likeness (QED) is 0.646. The summed E-state index contributed by atoms with van der Waals surface area (Å²) in [6, 6.07) is 0.378. The van der Waals surface area contributed by atoms with Crippen LogP contribution in [0.3, 0.4) is 0 Å². The first-order chi connectivity index (χ1) is 5.83. The van der Waals surface area contributed by atoms with Crippen LogP contribution in [-0.2, 0) is 4.79 Å². The third-order valence-electron chi connectivity index (χ3n) is 2.26. The van der Waals surface area contributed by atoms with Gasteiger partial charge in [-0.15, -0.1) is 0 Å². The highest BCUT2D eigenvalue weighted by Crippen LogP contribution is 2.30. The SMILES string of the molecule is CC.CC(CC1CCC1)NC=O. The zero-order valence-electron chi connectivity index (χ0n) is 8.47. The molecule has 1 atom stereocenters. The number of carbonyl (C=O) groups is 1.